The zero-order valence-electron chi connectivity index (χ0n) is 12.2. The van der Waals surface area contributed by atoms with Crippen molar-refractivity contribution in [2.75, 3.05) is 6.61 Å². The van der Waals surface area contributed by atoms with Gasteiger partial charge in [-0.05, 0) is 43.7 Å². The van der Waals surface area contributed by atoms with Crippen LogP contribution in [0.25, 0.3) is 11.1 Å². The summed E-state index contributed by atoms with van der Waals surface area (Å²) in [5, 5.41) is 0. The first-order valence-corrected chi connectivity index (χ1v) is 7.03. The van der Waals surface area contributed by atoms with Crippen LogP contribution in [0.5, 0.6) is 5.75 Å². The van der Waals surface area contributed by atoms with Crippen molar-refractivity contribution in [2.45, 2.75) is 19.9 Å². The van der Waals surface area contributed by atoms with Gasteiger partial charge in [0.05, 0.1) is 12.6 Å². The lowest BCUT2D eigenvalue weighted by atomic mass is 10.1. The van der Waals surface area contributed by atoms with Crippen LogP contribution >= 0.6 is 0 Å². The largest absolute Gasteiger partial charge is 0.494 e. The SMILES string of the molecule is CCOc1ccc(C(N)c2cc3nc(C)ccc3o2)cc1. The smallest absolute Gasteiger partial charge is 0.152 e. The van der Waals surface area contributed by atoms with Gasteiger partial charge in [0.2, 0.25) is 0 Å². The van der Waals surface area contributed by atoms with Crippen LogP contribution in [0.3, 0.4) is 0 Å². The van der Waals surface area contributed by atoms with Crippen LogP contribution in [0.15, 0.2) is 46.9 Å². The number of aromatic nitrogens is 1. The van der Waals surface area contributed by atoms with Gasteiger partial charge in [-0.1, -0.05) is 12.1 Å². The predicted molar refractivity (Wildman–Crippen MR) is 82.4 cm³/mol. The number of hydrogen-bond acceptors (Lipinski definition) is 4. The van der Waals surface area contributed by atoms with Crippen LogP contribution in [-0.2, 0) is 0 Å². The molecular formula is C17H18N2O2. The maximum Gasteiger partial charge on any atom is 0.152 e. The van der Waals surface area contributed by atoms with Gasteiger partial charge < -0.3 is 14.9 Å². The number of furan rings is 1. The summed E-state index contributed by atoms with van der Waals surface area (Å²) in [6.07, 6.45) is 0. The molecule has 0 aliphatic rings. The van der Waals surface area contributed by atoms with Crippen LogP contribution in [0.1, 0.15) is 30.0 Å². The summed E-state index contributed by atoms with van der Waals surface area (Å²) in [6.45, 7) is 4.57. The maximum absolute atomic E-state index is 6.28. The Hall–Kier alpha value is -2.33. The molecule has 2 N–H and O–H groups in total. The number of aryl methyl sites for hydroxylation is 1. The second kappa shape index (κ2) is 5.58. The number of ether oxygens (including phenoxy) is 1. The number of hydrogen-bond donors (Lipinski definition) is 1. The van der Waals surface area contributed by atoms with E-state index in [1.807, 2.05) is 56.3 Å². The Bertz CT molecular complexity index is 747. The van der Waals surface area contributed by atoms with E-state index in [2.05, 4.69) is 4.98 Å². The molecule has 0 aliphatic heterocycles. The molecule has 1 aromatic carbocycles. The zero-order valence-corrected chi connectivity index (χ0v) is 12.2. The van der Waals surface area contributed by atoms with Crippen molar-refractivity contribution in [1.82, 2.24) is 4.98 Å². The van der Waals surface area contributed by atoms with E-state index < -0.39 is 0 Å². The molecule has 21 heavy (non-hydrogen) atoms. The number of rotatable bonds is 4. The molecule has 0 saturated heterocycles. The van der Waals surface area contributed by atoms with Gasteiger partial charge in [-0.25, -0.2) is 4.98 Å². The van der Waals surface area contributed by atoms with Crippen molar-refractivity contribution in [3.05, 3.63) is 59.5 Å². The minimum Gasteiger partial charge on any atom is -0.494 e. The van der Waals surface area contributed by atoms with Gasteiger partial charge in [0.15, 0.2) is 5.58 Å². The normalized spacial score (nSPS) is 12.5. The van der Waals surface area contributed by atoms with Gasteiger partial charge in [0, 0.05) is 11.8 Å². The van der Waals surface area contributed by atoms with Crippen LogP contribution in [-0.4, -0.2) is 11.6 Å². The standard InChI is InChI=1S/C17H18N2O2/c1-3-20-13-7-5-12(6-8-13)17(18)16-10-14-15(21-16)9-4-11(2)19-14/h4-10,17H,3,18H2,1-2H3. The van der Waals surface area contributed by atoms with Crippen molar-refractivity contribution >= 4 is 11.1 Å². The molecule has 3 aromatic rings. The Morgan fingerprint density at radius 2 is 1.95 bits per heavy atom. The summed E-state index contributed by atoms with van der Waals surface area (Å²) in [5.41, 5.74) is 9.82. The van der Waals surface area contributed by atoms with Gasteiger partial charge in [0.25, 0.3) is 0 Å². The van der Waals surface area contributed by atoms with Gasteiger partial charge in [-0.15, -0.1) is 0 Å². The monoisotopic (exact) mass is 282 g/mol. The molecule has 0 aliphatic carbocycles. The Morgan fingerprint density at radius 1 is 1.19 bits per heavy atom. The highest BCUT2D eigenvalue weighted by Gasteiger charge is 2.15. The first-order chi connectivity index (χ1) is 10.2. The minimum atomic E-state index is -0.310. The molecule has 0 fully saturated rings. The van der Waals surface area contributed by atoms with E-state index >= 15 is 0 Å². The van der Waals surface area contributed by atoms with Crippen molar-refractivity contribution in [2.24, 2.45) is 5.73 Å². The molecule has 4 nitrogen and oxygen atoms in total. The quantitative estimate of drug-likeness (QED) is 0.794. The summed E-state index contributed by atoms with van der Waals surface area (Å²) in [4.78, 5) is 4.44. The highest BCUT2D eigenvalue weighted by Crippen LogP contribution is 2.27. The molecule has 2 heterocycles. The minimum absolute atomic E-state index is 0.310. The summed E-state index contributed by atoms with van der Waals surface area (Å²) in [7, 11) is 0. The molecule has 1 atom stereocenters. The Balaban J connectivity index is 1.90. The summed E-state index contributed by atoms with van der Waals surface area (Å²) in [6, 6.07) is 13.2. The first kappa shape index (κ1) is 13.6. The van der Waals surface area contributed by atoms with E-state index in [0.717, 1.165) is 28.1 Å². The first-order valence-electron chi connectivity index (χ1n) is 7.03. The third-order valence-corrected chi connectivity index (χ3v) is 3.39. The Kier molecular flexibility index (Phi) is 3.62. The van der Waals surface area contributed by atoms with Gasteiger partial charge in [-0.3, -0.25) is 0 Å². The average molecular weight is 282 g/mol. The van der Waals surface area contributed by atoms with Crippen LogP contribution in [0, 0.1) is 6.92 Å². The molecule has 108 valence electrons. The lowest BCUT2D eigenvalue weighted by Gasteiger charge is -2.10. The van der Waals surface area contributed by atoms with Crippen LogP contribution in [0.4, 0.5) is 0 Å². The summed E-state index contributed by atoms with van der Waals surface area (Å²) >= 11 is 0. The number of benzene rings is 1. The fraction of sp³-hybridized carbons (Fsp3) is 0.235. The Morgan fingerprint density at radius 3 is 2.67 bits per heavy atom. The highest BCUT2D eigenvalue weighted by atomic mass is 16.5. The van der Waals surface area contributed by atoms with E-state index in [0.29, 0.717) is 12.4 Å². The number of nitrogens with zero attached hydrogens (tertiary/aromatic N) is 1. The van der Waals surface area contributed by atoms with Gasteiger partial charge in [-0.2, -0.15) is 0 Å². The molecule has 0 bridgehead atoms. The van der Waals surface area contributed by atoms with Crippen LogP contribution in [0.2, 0.25) is 0 Å². The molecule has 0 spiro atoms. The van der Waals surface area contributed by atoms with E-state index in [-0.39, 0.29) is 6.04 Å². The predicted octanol–water partition coefficient (Wildman–Crippen LogP) is 3.58. The molecule has 2 aromatic heterocycles. The second-order valence-corrected chi connectivity index (χ2v) is 4.96. The summed E-state index contributed by atoms with van der Waals surface area (Å²) < 4.78 is 11.2. The van der Waals surface area contributed by atoms with Crippen molar-refractivity contribution in [1.29, 1.82) is 0 Å². The van der Waals surface area contributed by atoms with E-state index in [1.54, 1.807) is 0 Å². The average Bonchev–Trinajstić information content (AvgIpc) is 2.90. The topological polar surface area (TPSA) is 61.3 Å². The van der Waals surface area contributed by atoms with E-state index in [9.17, 15) is 0 Å². The molecule has 4 heteroatoms. The van der Waals surface area contributed by atoms with E-state index in [1.165, 1.54) is 0 Å². The van der Waals surface area contributed by atoms with Gasteiger partial charge >= 0.3 is 0 Å². The number of nitrogens with two attached hydrogens (primary N) is 1. The zero-order chi connectivity index (χ0) is 14.8. The molecule has 3 rings (SSSR count). The van der Waals surface area contributed by atoms with Crippen LogP contribution < -0.4 is 10.5 Å². The van der Waals surface area contributed by atoms with Gasteiger partial charge in [0.1, 0.15) is 17.0 Å². The second-order valence-electron chi connectivity index (χ2n) is 4.96. The number of pyridine rings is 1. The Labute approximate surface area is 123 Å². The number of fused-ring (bicyclic) bond motifs is 1. The highest BCUT2D eigenvalue weighted by molar-refractivity contribution is 5.73. The summed E-state index contributed by atoms with van der Waals surface area (Å²) in [5.74, 6) is 1.56. The lowest BCUT2D eigenvalue weighted by Crippen LogP contribution is -2.10. The molecule has 0 radical (unpaired) electrons. The third kappa shape index (κ3) is 2.76. The molecule has 1 unspecified atom stereocenters. The van der Waals surface area contributed by atoms with Crippen molar-refractivity contribution in [3.8, 4) is 5.75 Å². The fourth-order valence-electron chi connectivity index (χ4n) is 2.30. The fourth-order valence-corrected chi connectivity index (χ4v) is 2.30. The van der Waals surface area contributed by atoms with Crippen molar-refractivity contribution < 1.29 is 9.15 Å². The third-order valence-electron chi connectivity index (χ3n) is 3.39. The molecule has 0 saturated carbocycles. The van der Waals surface area contributed by atoms with E-state index in [4.69, 9.17) is 14.9 Å². The van der Waals surface area contributed by atoms with Crippen molar-refractivity contribution in [3.63, 3.8) is 0 Å². The molecular weight excluding hydrogens is 264 g/mol. The molecule has 0 amide bonds. The maximum atomic E-state index is 6.28. The lowest BCUT2D eigenvalue weighted by molar-refractivity contribution is 0.340.